The number of thioether (sulfide) groups is 1. The van der Waals surface area contributed by atoms with Gasteiger partial charge >= 0.3 is 0 Å². The second kappa shape index (κ2) is 8.49. The number of ether oxygens (including phenoxy) is 1. The Labute approximate surface area is 107 Å². The van der Waals surface area contributed by atoms with Crippen LogP contribution in [0.15, 0.2) is 11.5 Å². The van der Waals surface area contributed by atoms with E-state index in [1.54, 1.807) is 18.1 Å². The smallest absolute Gasteiger partial charge is 0.190 e. The minimum Gasteiger partial charge on any atom is -0.379 e. The Bertz CT molecular complexity index is 303. The zero-order valence-electron chi connectivity index (χ0n) is 10.8. The number of nitrogens with zero attached hydrogens (tertiary/aromatic N) is 3. The summed E-state index contributed by atoms with van der Waals surface area (Å²) in [6.07, 6.45) is 3.12. The van der Waals surface area contributed by atoms with Crippen molar-refractivity contribution in [2.24, 2.45) is 7.05 Å². The van der Waals surface area contributed by atoms with Gasteiger partial charge in [-0.2, -0.15) is 0 Å². The van der Waals surface area contributed by atoms with Crippen molar-refractivity contribution in [2.45, 2.75) is 31.5 Å². The van der Waals surface area contributed by atoms with Crippen LogP contribution in [0.25, 0.3) is 0 Å². The number of hydrogen-bond donors (Lipinski definition) is 1. The molecule has 0 fully saturated rings. The van der Waals surface area contributed by atoms with Crippen molar-refractivity contribution < 1.29 is 4.74 Å². The van der Waals surface area contributed by atoms with Gasteiger partial charge in [-0.3, -0.25) is 0 Å². The molecular formula is C11H22N4OS. The van der Waals surface area contributed by atoms with Crippen molar-refractivity contribution in [1.82, 2.24) is 20.1 Å². The highest BCUT2D eigenvalue weighted by Crippen LogP contribution is 2.11. The van der Waals surface area contributed by atoms with E-state index in [0.29, 0.717) is 6.10 Å². The molecule has 0 aromatic carbocycles. The lowest BCUT2D eigenvalue weighted by Gasteiger charge is -2.07. The van der Waals surface area contributed by atoms with Crippen LogP contribution in [-0.2, 0) is 11.8 Å². The molecule has 0 saturated carbocycles. The first kappa shape index (κ1) is 14.5. The molecule has 1 N–H and O–H groups in total. The van der Waals surface area contributed by atoms with Gasteiger partial charge in [0.25, 0.3) is 0 Å². The van der Waals surface area contributed by atoms with E-state index in [-0.39, 0.29) is 0 Å². The highest BCUT2D eigenvalue weighted by Gasteiger charge is 2.00. The van der Waals surface area contributed by atoms with Crippen LogP contribution in [0.5, 0.6) is 0 Å². The molecule has 0 aliphatic rings. The van der Waals surface area contributed by atoms with Crippen molar-refractivity contribution in [3.8, 4) is 0 Å². The molecule has 1 rings (SSSR count). The number of hydrogen-bond acceptors (Lipinski definition) is 5. The summed E-state index contributed by atoms with van der Waals surface area (Å²) in [5.74, 6) is 1.01. The molecule has 0 bridgehead atoms. The highest BCUT2D eigenvalue weighted by atomic mass is 32.2. The molecule has 0 unspecified atom stereocenters. The topological polar surface area (TPSA) is 52.0 Å². The van der Waals surface area contributed by atoms with E-state index < -0.39 is 0 Å². The average molecular weight is 258 g/mol. The molecule has 1 aromatic heterocycles. The van der Waals surface area contributed by atoms with Gasteiger partial charge in [0.1, 0.15) is 6.33 Å². The van der Waals surface area contributed by atoms with Crippen LogP contribution in [0, 0.1) is 0 Å². The molecule has 0 saturated heterocycles. The zero-order chi connectivity index (χ0) is 12.5. The SMILES string of the molecule is CC(C)OCCCNCCSc1nncn1C. The largest absolute Gasteiger partial charge is 0.379 e. The van der Waals surface area contributed by atoms with Crippen molar-refractivity contribution >= 4 is 11.8 Å². The normalized spacial score (nSPS) is 11.3. The van der Waals surface area contributed by atoms with Crippen molar-refractivity contribution in [3.63, 3.8) is 0 Å². The molecule has 98 valence electrons. The summed E-state index contributed by atoms with van der Waals surface area (Å²) in [6, 6.07) is 0. The zero-order valence-corrected chi connectivity index (χ0v) is 11.7. The maximum absolute atomic E-state index is 5.46. The molecule has 17 heavy (non-hydrogen) atoms. The van der Waals surface area contributed by atoms with Crippen LogP contribution < -0.4 is 5.32 Å². The fraction of sp³-hybridized carbons (Fsp3) is 0.818. The van der Waals surface area contributed by atoms with Crippen LogP contribution in [0.1, 0.15) is 20.3 Å². The first-order chi connectivity index (χ1) is 8.20. The third-order valence-electron chi connectivity index (χ3n) is 2.13. The van der Waals surface area contributed by atoms with E-state index in [2.05, 4.69) is 29.4 Å². The molecular weight excluding hydrogens is 236 g/mol. The molecule has 6 heteroatoms. The Morgan fingerprint density at radius 1 is 1.47 bits per heavy atom. The summed E-state index contributed by atoms with van der Waals surface area (Å²) in [4.78, 5) is 0. The summed E-state index contributed by atoms with van der Waals surface area (Å²) in [6.45, 7) is 6.95. The van der Waals surface area contributed by atoms with Gasteiger partial charge in [0.05, 0.1) is 6.10 Å². The lowest BCUT2D eigenvalue weighted by atomic mass is 10.4. The van der Waals surface area contributed by atoms with Gasteiger partial charge in [0.2, 0.25) is 0 Å². The van der Waals surface area contributed by atoms with Crippen LogP contribution in [0.2, 0.25) is 0 Å². The Hall–Kier alpha value is -0.590. The summed E-state index contributed by atoms with van der Waals surface area (Å²) in [7, 11) is 1.96. The number of aromatic nitrogens is 3. The minimum atomic E-state index is 0.335. The molecule has 5 nitrogen and oxygen atoms in total. The van der Waals surface area contributed by atoms with Gasteiger partial charge in [0.15, 0.2) is 5.16 Å². The first-order valence-corrected chi connectivity index (χ1v) is 6.98. The standard InChI is InChI=1S/C11H22N4OS/c1-10(2)16-7-4-5-12-6-8-17-11-14-13-9-15(11)3/h9-10,12H,4-8H2,1-3H3. The maximum atomic E-state index is 5.46. The van der Waals surface area contributed by atoms with Crippen LogP contribution in [0.4, 0.5) is 0 Å². The Morgan fingerprint density at radius 2 is 2.29 bits per heavy atom. The number of nitrogens with one attached hydrogen (secondary N) is 1. The van der Waals surface area contributed by atoms with Crippen LogP contribution in [-0.4, -0.2) is 46.3 Å². The minimum absolute atomic E-state index is 0.335. The lowest BCUT2D eigenvalue weighted by Crippen LogP contribution is -2.20. The molecule has 0 amide bonds. The first-order valence-electron chi connectivity index (χ1n) is 5.99. The van der Waals surface area contributed by atoms with Gasteiger partial charge in [-0.1, -0.05) is 11.8 Å². The van der Waals surface area contributed by atoms with Gasteiger partial charge in [0, 0.05) is 26.0 Å². The number of aryl methyl sites for hydroxylation is 1. The van der Waals surface area contributed by atoms with Gasteiger partial charge in [-0.15, -0.1) is 10.2 Å². The van der Waals surface area contributed by atoms with Gasteiger partial charge in [-0.25, -0.2) is 0 Å². The van der Waals surface area contributed by atoms with Crippen molar-refractivity contribution in [2.75, 3.05) is 25.4 Å². The summed E-state index contributed by atoms with van der Waals surface area (Å²) in [5, 5.41) is 12.2. The Morgan fingerprint density at radius 3 is 2.94 bits per heavy atom. The van der Waals surface area contributed by atoms with E-state index in [1.165, 1.54) is 0 Å². The third-order valence-corrected chi connectivity index (χ3v) is 3.17. The second-order valence-electron chi connectivity index (χ2n) is 4.10. The molecule has 0 atom stereocenters. The van der Waals surface area contributed by atoms with E-state index in [0.717, 1.165) is 37.0 Å². The maximum Gasteiger partial charge on any atom is 0.190 e. The average Bonchev–Trinajstić information content (AvgIpc) is 2.68. The van der Waals surface area contributed by atoms with Gasteiger partial charge < -0.3 is 14.6 Å². The molecule has 0 aliphatic heterocycles. The monoisotopic (exact) mass is 258 g/mol. The van der Waals surface area contributed by atoms with E-state index in [9.17, 15) is 0 Å². The van der Waals surface area contributed by atoms with Crippen molar-refractivity contribution in [1.29, 1.82) is 0 Å². The van der Waals surface area contributed by atoms with Gasteiger partial charge in [-0.05, 0) is 26.8 Å². The summed E-state index contributed by atoms with van der Waals surface area (Å²) < 4.78 is 7.39. The Balaban J connectivity index is 1.90. The predicted octanol–water partition coefficient (Wildman–Crippen LogP) is 1.31. The summed E-state index contributed by atoms with van der Waals surface area (Å²) in [5.41, 5.74) is 0. The molecule has 0 aliphatic carbocycles. The molecule has 1 heterocycles. The predicted molar refractivity (Wildman–Crippen MR) is 70.3 cm³/mol. The van der Waals surface area contributed by atoms with Crippen LogP contribution >= 0.6 is 11.8 Å². The molecule has 0 spiro atoms. The summed E-state index contributed by atoms with van der Waals surface area (Å²) >= 11 is 1.72. The Kier molecular flexibility index (Phi) is 7.23. The van der Waals surface area contributed by atoms with E-state index >= 15 is 0 Å². The third kappa shape index (κ3) is 6.65. The molecule has 0 radical (unpaired) electrons. The quantitative estimate of drug-likeness (QED) is 0.535. The molecule has 1 aromatic rings. The van der Waals surface area contributed by atoms with Crippen LogP contribution in [0.3, 0.4) is 0 Å². The van der Waals surface area contributed by atoms with Crippen molar-refractivity contribution in [3.05, 3.63) is 6.33 Å². The highest BCUT2D eigenvalue weighted by molar-refractivity contribution is 7.99. The van der Waals surface area contributed by atoms with E-state index in [4.69, 9.17) is 4.74 Å². The fourth-order valence-electron chi connectivity index (χ4n) is 1.26. The second-order valence-corrected chi connectivity index (χ2v) is 5.16. The fourth-order valence-corrected chi connectivity index (χ4v) is 2.04. The van der Waals surface area contributed by atoms with E-state index in [1.807, 2.05) is 11.6 Å². The number of rotatable bonds is 9. The lowest BCUT2D eigenvalue weighted by molar-refractivity contribution is 0.0772.